The third kappa shape index (κ3) is 10.5. The molecule has 0 bridgehead atoms. The van der Waals surface area contributed by atoms with Gasteiger partial charge in [0.2, 0.25) is 0 Å². The summed E-state index contributed by atoms with van der Waals surface area (Å²) in [7, 11) is 1.70. The summed E-state index contributed by atoms with van der Waals surface area (Å²) in [6.07, 6.45) is 18.7. The summed E-state index contributed by atoms with van der Waals surface area (Å²) >= 11 is 0. The molecule has 2 aliphatic rings. The van der Waals surface area contributed by atoms with E-state index < -0.39 is 12.1 Å². The zero-order chi connectivity index (χ0) is 23.9. The molecule has 0 spiro atoms. The van der Waals surface area contributed by atoms with Crippen LogP contribution in [-0.2, 0) is 18.9 Å². The lowest BCUT2D eigenvalue weighted by atomic mass is 10.0. The quantitative estimate of drug-likeness (QED) is 0.222. The van der Waals surface area contributed by atoms with Gasteiger partial charge >= 0.3 is 0 Å². The van der Waals surface area contributed by atoms with Crippen LogP contribution in [0.4, 0.5) is 0 Å². The van der Waals surface area contributed by atoms with E-state index in [-0.39, 0.29) is 31.0 Å². The van der Waals surface area contributed by atoms with Crippen LogP contribution in [0.1, 0.15) is 117 Å². The highest BCUT2D eigenvalue weighted by atomic mass is 16.8. The van der Waals surface area contributed by atoms with Crippen molar-refractivity contribution in [3.8, 4) is 0 Å². The number of fused-ring (bicyclic) bond motifs is 1. The predicted molar refractivity (Wildman–Crippen MR) is 133 cm³/mol. The summed E-state index contributed by atoms with van der Waals surface area (Å²) in [5.41, 5.74) is 0. The van der Waals surface area contributed by atoms with E-state index in [1.165, 1.54) is 83.5 Å². The molecule has 2 heterocycles. The highest BCUT2D eigenvalue weighted by Gasteiger charge is 2.56. The third-order valence-corrected chi connectivity index (χ3v) is 7.07. The Balaban J connectivity index is 1.51. The van der Waals surface area contributed by atoms with E-state index in [2.05, 4.69) is 12.2 Å². The summed E-state index contributed by atoms with van der Waals surface area (Å²) in [6.45, 7) is 7.13. The molecule has 2 fully saturated rings. The molecule has 0 aromatic rings. The molecule has 0 aromatic heterocycles. The van der Waals surface area contributed by atoms with E-state index in [1.807, 2.05) is 13.8 Å². The molecule has 0 saturated carbocycles. The summed E-state index contributed by atoms with van der Waals surface area (Å²) < 4.78 is 23.8. The van der Waals surface area contributed by atoms with Gasteiger partial charge in [-0.15, -0.1) is 0 Å². The summed E-state index contributed by atoms with van der Waals surface area (Å²) in [5, 5.41) is 13.2. The van der Waals surface area contributed by atoms with Crippen LogP contribution in [0.5, 0.6) is 0 Å². The Morgan fingerprint density at radius 1 is 0.848 bits per heavy atom. The predicted octanol–water partition coefficient (Wildman–Crippen LogP) is 5.70. The Labute approximate surface area is 203 Å². The second kappa shape index (κ2) is 16.4. The molecule has 33 heavy (non-hydrogen) atoms. The van der Waals surface area contributed by atoms with Crippen molar-refractivity contribution in [2.75, 3.05) is 20.3 Å². The van der Waals surface area contributed by atoms with E-state index >= 15 is 0 Å². The molecule has 0 aromatic carbocycles. The van der Waals surface area contributed by atoms with Gasteiger partial charge in [0.05, 0.1) is 0 Å². The first-order chi connectivity index (χ1) is 16.0. The minimum atomic E-state index is -0.648. The molecule has 4 unspecified atom stereocenters. The van der Waals surface area contributed by atoms with Crippen LogP contribution < -0.4 is 5.32 Å². The fourth-order valence-electron chi connectivity index (χ4n) is 5.22. The van der Waals surface area contributed by atoms with E-state index in [0.717, 1.165) is 13.0 Å². The van der Waals surface area contributed by atoms with Gasteiger partial charge in [0, 0.05) is 19.8 Å². The molecule has 2 aliphatic heterocycles. The number of ether oxygens (including phenoxy) is 4. The van der Waals surface area contributed by atoms with Gasteiger partial charge in [-0.2, -0.15) is 0 Å². The monoisotopic (exact) mass is 471 g/mol. The summed E-state index contributed by atoms with van der Waals surface area (Å²) in [4.78, 5) is 0. The lowest BCUT2D eigenvalue weighted by molar-refractivity contribution is -0.220. The van der Waals surface area contributed by atoms with Crippen molar-refractivity contribution in [1.82, 2.24) is 5.32 Å². The normalized spacial score (nSPS) is 27.2. The fraction of sp³-hybridized carbons (Fsp3) is 1.00. The number of hydrogen-bond donors (Lipinski definition) is 2. The second-order valence-electron chi connectivity index (χ2n) is 10.4. The number of hydrogen-bond acceptors (Lipinski definition) is 6. The first-order valence-corrected chi connectivity index (χ1v) is 13.9. The zero-order valence-corrected chi connectivity index (χ0v) is 22.0. The average Bonchev–Trinajstić information content (AvgIpc) is 3.26. The van der Waals surface area contributed by atoms with Crippen molar-refractivity contribution < 1.29 is 24.1 Å². The lowest BCUT2D eigenvalue weighted by Gasteiger charge is -2.30. The van der Waals surface area contributed by atoms with Crippen molar-refractivity contribution in [3.05, 3.63) is 0 Å². The fourth-order valence-corrected chi connectivity index (χ4v) is 5.22. The van der Waals surface area contributed by atoms with E-state index in [0.29, 0.717) is 6.42 Å². The number of methoxy groups -OCH3 is 1. The molecule has 2 rings (SSSR count). The van der Waals surface area contributed by atoms with Crippen molar-refractivity contribution in [1.29, 1.82) is 0 Å². The van der Waals surface area contributed by atoms with Crippen molar-refractivity contribution in [2.24, 2.45) is 0 Å². The van der Waals surface area contributed by atoms with Gasteiger partial charge in [0.15, 0.2) is 12.1 Å². The van der Waals surface area contributed by atoms with Crippen molar-refractivity contribution >= 4 is 0 Å². The minimum Gasteiger partial charge on any atom is -0.396 e. The van der Waals surface area contributed by atoms with Crippen LogP contribution in [0.2, 0.25) is 0 Å². The van der Waals surface area contributed by atoms with E-state index in [1.54, 1.807) is 7.11 Å². The van der Waals surface area contributed by atoms with Gasteiger partial charge in [-0.1, -0.05) is 90.4 Å². The molecule has 0 amide bonds. The number of aliphatic hydroxyl groups excluding tert-OH is 1. The summed E-state index contributed by atoms with van der Waals surface area (Å²) in [6, 6.07) is 0.0304. The Kier molecular flexibility index (Phi) is 14.4. The highest BCUT2D eigenvalue weighted by Crippen LogP contribution is 2.39. The third-order valence-electron chi connectivity index (χ3n) is 7.07. The first kappa shape index (κ1) is 29.0. The Morgan fingerprint density at radius 2 is 1.39 bits per heavy atom. The van der Waals surface area contributed by atoms with Gasteiger partial charge < -0.3 is 29.4 Å². The molecular weight excluding hydrogens is 418 g/mol. The minimum absolute atomic E-state index is 0.0304. The molecule has 196 valence electrons. The molecule has 0 radical (unpaired) electrons. The Bertz CT molecular complexity index is 489. The largest absolute Gasteiger partial charge is 0.396 e. The SMILES string of the molecule is CCCCCCCCCCCCCCCCNC(CCO)C1OC2OC(C)(C)OC2[C@@H]1OC. The van der Waals surface area contributed by atoms with Gasteiger partial charge in [0.1, 0.15) is 18.3 Å². The number of rotatable bonds is 20. The van der Waals surface area contributed by atoms with Gasteiger partial charge in [-0.3, -0.25) is 0 Å². The molecule has 0 aliphatic carbocycles. The molecular formula is C27H53NO5. The Morgan fingerprint density at radius 3 is 1.91 bits per heavy atom. The Hall–Kier alpha value is -0.240. The van der Waals surface area contributed by atoms with E-state index in [9.17, 15) is 5.11 Å². The van der Waals surface area contributed by atoms with Crippen LogP contribution in [0, 0.1) is 0 Å². The van der Waals surface area contributed by atoms with Crippen LogP contribution >= 0.6 is 0 Å². The standard InChI is InChI=1S/C27H53NO5/c1-5-6-7-8-9-10-11-12-13-14-15-16-17-18-20-28-22(19-21-29)23-24(30-4)25-26(31-23)33-27(2,3)32-25/h22-26,28-29H,5-21H2,1-4H3/t22?,23?,24-,25?,26?/m1/s1. The molecule has 2 saturated heterocycles. The van der Waals surface area contributed by atoms with Gasteiger partial charge in [0.25, 0.3) is 0 Å². The maximum Gasteiger partial charge on any atom is 0.190 e. The maximum atomic E-state index is 9.57. The number of aliphatic hydroxyl groups is 1. The zero-order valence-electron chi connectivity index (χ0n) is 22.0. The first-order valence-electron chi connectivity index (χ1n) is 13.9. The maximum absolute atomic E-state index is 9.57. The van der Waals surface area contributed by atoms with Crippen LogP contribution in [0.3, 0.4) is 0 Å². The highest BCUT2D eigenvalue weighted by molar-refractivity contribution is 4.98. The smallest absolute Gasteiger partial charge is 0.190 e. The summed E-state index contributed by atoms with van der Waals surface area (Å²) in [5.74, 6) is -0.648. The van der Waals surface area contributed by atoms with Crippen LogP contribution in [0.15, 0.2) is 0 Å². The topological polar surface area (TPSA) is 69.2 Å². The lowest BCUT2D eigenvalue weighted by Crippen LogP contribution is -2.49. The molecule has 6 nitrogen and oxygen atoms in total. The molecule has 2 N–H and O–H groups in total. The van der Waals surface area contributed by atoms with Crippen molar-refractivity contribution in [3.63, 3.8) is 0 Å². The van der Waals surface area contributed by atoms with Crippen LogP contribution in [-0.4, -0.2) is 61.8 Å². The average molecular weight is 472 g/mol. The second-order valence-corrected chi connectivity index (χ2v) is 10.4. The molecule has 5 atom stereocenters. The van der Waals surface area contributed by atoms with Crippen LogP contribution in [0.25, 0.3) is 0 Å². The number of unbranched alkanes of at least 4 members (excludes halogenated alkanes) is 13. The van der Waals surface area contributed by atoms with E-state index in [4.69, 9.17) is 18.9 Å². The number of nitrogens with one attached hydrogen (secondary N) is 1. The van der Waals surface area contributed by atoms with Gasteiger partial charge in [-0.25, -0.2) is 0 Å². The molecule has 6 heteroatoms. The van der Waals surface area contributed by atoms with Crippen molar-refractivity contribution in [2.45, 2.75) is 154 Å². The van der Waals surface area contributed by atoms with Gasteiger partial charge in [-0.05, 0) is 33.2 Å².